The third-order valence-corrected chi connectivity index (χ3v) is 6.22. The molecular weight excluding hydrogens is 342 g/mol. The van der Waals surface area contributed by atoms with Crippen LogP contribution in [0, 0.1) is 0 Å². The molecule has 0 radical (unpaired) electrons. The number of carbonyl (C=O) groups is 1. The Morgan fingerprint density at radius 1 is 1.00 bits per heavy atom. The number of hydrogen-bond donors (Lipinski definition) is 3. The van der Waals surface area contributed by atoms with Gasteiger partial charge >= 0.3 is 0 Å². The molecule has 4 nitrogen and oxygen atoms in total. The summed E-state index contributed by atoms with van der Waals surface area (Å²) >= 11 is 1.84. The predicted molar refractivity (Wildman–Crippen MR) is 108 cm³/mol. The lowest BCUT2D eigenvalue weighted by Crippen LogP contribution is -3.28. The number of aryl methyl sites for hydroxylation is 2. The molecule has 0 saturated carbocycles. The summed E-state index contributed by atoms with van der Waals surface area (Å²) in [4.78, 5) is 17.1. The number of carbonyl (C=O) groups excluding carboxylic acids is 1. The van der Waals surface area contributed by atoms with Gasteiger partial charge in [-0.3, -0.25) is 4.79 Å². The number of rotatable bonds is 7. The van der Waals surface area contributed by atoms with Gasteiger partial charge in [0.2, 0.25) is 0 Å². The molecule has 1 aliphatic heterocycles. The molecule has 0 spiro atoms. The summed E-state index contributed by atoms with van der Waals surface area (Å²) in [5, 5.41) is 5.36. The van der Waals surface area contributed by atoms with Gasteiger partial charge in [0.1, 0.15) is 32.7 Å². The van der Waals surface area contributed by atoms with Crippen LogP contribution in [0.15, 0.2) is 35.7 Å². The number of thiophene rings is 1. The molecule has 0 unspecified atom stereocenters. The molecule has 2 heterocycles. The molecule has 1 amide bonds. The van der Waals surface area contributed by atoms with Crippen LogP contribution < -0.4 is 15.1 Å². The molecule has 3 rings (SSSR count). The van der Waals surface area contributed by atoms with Gasteiger partial charge in [-0.25, -0.2) is 0 Å². The highest BCUT2D eigenvalue weighted by atomic mass is 32.1. The van der Waals surface area contributed by atoms with Crippen LogP contribution in [-0.2, 0) is 24.2 Å². The largest absolute Gasteiger partial charge is 0.321 e. The highest BCUT2D eigenvalue weighted by molar-refractivity contribution is 7.09. The fourth-order valence-corrected chi connectivity index (χ4v) is 4.56. The average Bonchev–Trinajstić information content (AvgIpc) is 3.16. The Bertz CT molecular complexity index is 684. The van der Waals surface area contributed by atoms with Crippen LogP contribution in [0.25, 0.3) is 0 Å². The molecule has 1 fully saturated rings. The van der Waals surface area contributed by atoms with E-state index < -0.39 is 0 Å². The number of anilines is 1. The summed E-state index contributed by atoms with van der Waals surface area (Å²) in [6, 6.07) is 10.7. The van der Waals surface area contributed by atoms with Crippen molar-refractivity contribution in [3.8, 4) is 0 Å². The highest BCUT2D eigenvalue weighted by Gasteiger charge is 2.25. The first-order chi connectivity index (χ1) is 12.7. The Morgan fingerprint density at radius 2 is 1.65 bits per heavy atom. The van der Waals surface area contributed by atoms with Gasteiger partial charge in [0.25, 0.3) is 5.91 Å². The van der Waals surface area contributed by atoms with Crippen molar-refractivity contribution in [3.63, 3.8) is 0 Å². The number of benzene rings is 1. The Balaban J connectivity index is 1.50. The van der Waals surface area contributed by atoms with Gasteiger partial charge in [0.15, 0.2) is 6.54 Å². The molecule has 3 N–H and O–H groups in total. The van der Waals surface area contributed by atoms with Gasteiger partial charge in [0, 0.05) is 5.69 Å². The van der Waals surface area contributed by atoms with Crippen molar-refractivity contribution in [2.45, 2.75) is 33.2 Å². The molecule has 0 aliphatic carbocycles. The van der Waals surface area contributed by atoms with Crippen molar-refractivity contribution in [2.24, 2.45) is 0 Å². The van der Waals surface area contributed by atoms with E-state index in [1.165, 1.54) is 20.9 Å². The molecule has 1 aromatic carbocycles. The van der Waals surface area contributed by atoms with Crippen molar-refractivity contribution in [1.29, 1.82) is 0 Å². The van der Waals surface area contributed by atoms with E-state index in [1.807, 2.05) is 11.3 Å². The highest BCUT2D eigenvalue weighted by Crippen LogP contribution is 2.22. The number of nitrogens with one attached hydrogen (secondary N) is 3. The van der Waals surface area contributed by atoms with Gasteiger partial charge in [-0.2, -0.15) is 0 Å². The zero-order valence-corrected chi connectivity index (χ0v) is 16.8. The third kappa shape index (κ3) is 4.93. The number of quaternary nitrogens is 2. The van der Waals surface area contributed by atoms with E-state index in [1.54, 1.807) is 4.90 Å². The number of amides is 1. The first-order valence-electron chi connectivity index (χ1n) is 9.79. The lowest BCUT2D eigenvalue weighted by molar-refractivity contribution is -1.01. The summed E-state index contributed by atoms with van der Waals surface area (Å²) in [5.74, 6) is 0.150. The summed E-state index contributed by atoms with van der Waals surface area (Å²) < 4.78 is 0. The molecule has 5 heteroatoms. The summed E-state index contributed by atoms with van der Waals surface area (Å²) in [5.41, 5.74) is 3.51. The summed E-state index contributed by atoms with van der Waals surface area (Å²) in [7, 11) is 0. The van der Waals surface area contributed by atoms with Crippen LogP contribution in [0.2, 0.25) is 0 Å². The third-order valence-electron chi connectivity index (χ3n) is 5.34. The maximum atomic E-state index is 12.6. The van der Waals surface area contributed by atoms with Gasteiger partial charge in [0.05, 0.1) is 4.88 Å². The Labute approximate surface area is 160 Å². The van der Waals surface area contributed by atoms with E-state index in [0.717, 1.165) is 51.3 Å². The van der Waals surface area contributed by atoms with Gasteiger partial charge in [-0.15, -0.1) is 11.3 Å². The number of para-hydroxylation sites is 1. The van der Waals surface area contributed by atoms with E-state index >= 15 is 0 Å². The molecule has 1 aliphatic rings. The van der Waals surface area contributed by atoms with E-state index in [-0.39, 0.29) is 5.91 Å². The van der Waals surface area contributed by atoms with E-state index in [4.69, 9.17) is 0 Å². The van der Waals surface area contributed by atoms with E-state index in [2.05, 4.69) is 54.9 Å². The van der Waals surface area contributed by atoms with Crippen LogP contribution in [0.4, 0.5) is 5.69 Å². The first-order valence-corrected chi connectivity index (χ1v) is 10.7. The maximum Gasteiger partial charge on any atom is 0.279 e. The minimum absolute atomic E-state index is 0.150. The Hall–Kier alpha value is -1.69. The second-order valence-corrected chi connectivity index (χ2v) is 8.17. The van der Waals surface area contributed by atoms with Crippen LogP contribution in [0.3, 0.4) is 0 Å². The molecule has 1 saturated heterocycles. The maximum absolute atomic E-state index is 12.6. The Kier molecular flexibility index (Phi) is 6.83. The number of hydrogen-bond acceptors (Lipinski definition) is 2. The van der Waals surface area contributed by atoms with Gasteiger partial charge in [-0.1, -0.05) is 38.1 Å². The smallest absolute Gasteiger partial charge is 0.279 e. The van der Waals surface area contributed by atoms with Crippen LogP contribution >= 0.6 is 11.3 Å². The standard InChI is InChI=1S/C21H29N3OS/c1-3-17-7-5-8-18(4-2)21(17)22-20(25)16-24-12-10-23(11-13-24)15-19-9-6-14-26-19/h5-9,14H,3-4,10-13,15-16H2,1-2H3,(H,22,25)/p+2. The zero-order valence-electron chi connectivity index (χ0n) is 15.9. The van der Waals surface area contributed by atoms with Crippen molar-refractivity contribution < 1.29 is 14.6 Å². The van der Waals surface area contributed by atoms with E-state index in [0.29, 0.717) is 6.54 Å². The van der Waals surface area contributed by atoms with Crippen molar-refractivity contribution in [3.05, 3.63) is 51.7 Å². The molecule has 1 aromatic heterocycles. The van der Waals surface area contributed by atoms with Gasteiger partial charge < -0.3 is 15.1 Å². The average molecular weight is 374 g/mol. The minimum Gasteiger partial charge on any atom is -0.321 e. The van der Waals surface area contributed by atoms with Crippen molar-refractivity contribution in [1.82, 2.24) is 0 Å². The second-order valence-electron chi connectivity index (χ2n) is 7.14. The predicted octanol–water partition coefficient (Wildman–Crippen LogP) is 0.795. The molecule has 0 bridgehead atoms. The lowest BCUT2D eigenvalue weighted by Gasteiger charge is -2.29. The summed E-state index contributed by atoms with van der Waals surface area (Å²) in [6.07, 6.45) is 1.89. The quantitative estimate of drug-likeness (QED) is 0.660. The van der Waals surface area contributed by atoms with Crippen LogP contribution in [-0.4, -0.2) is 38.6 Å². The normalized spacial score (nSPS) is 20.1. The van der Waals surface area contributed by atoms with Crippen LogP contribution in [0.5, 0.6) is 0 Å². The lowest BCUT2D eigenvalue weighted by atomic mass is 10.0. The van der Waals surface area contributed by atoms with Crippen molar-refractivity contribution in [2.75, 3.05) is 38.0 Å². The monoisotopic (exact) mass is 373 g/mol. The van der Waals surface area contributed by atoms with Crippen LogP contribution in [0.1, 0.15) is 29.9 Å². The molecule has 26 heavy (non-hydrogen) atoms. The molecule has 0 atom stereocenters. The molecule has 2 aromatic rings. The van der Waals surface area contributed by atoms with Gasteiger partial charge in [-0.05, 0) is 35.4 Å². The fourth-order valence-electron chi connectivity index (χ4n) is 3.78. The summed E-state index contributed by atoms with van der Waals surface area (Å²) in [6.45, 7) is 10.4. The van der Waals surface area contributed by atoms with Crippen molar-refractivity contribution >= 4 is 22.9 Å². The first kappa shape index (κ1) is 19.1. The second kappa shape index (κ2) is 9.31. The SMILES string of the molecule is CCc1cccc(CC)c1NC(=O)C[NH+]1CC[NH+](Cc2cccs2)CC1. The Morgan fingerprint density at radius 3 is 2.23 bits per heavy atom. The topological polar surface area (TPSA) is 38.0 Å². The van der Waals surface area contributed by atoms with E-state index in [9.17, 15) is 4.79 Å². The molecular formula is C21H31N3OS+2. The minimum atomic E-state index is 0.150. The molecule has 140 valence electrons. The number of piperazine rings is 1. The zero-order chi connectivity index (χ0) is 18.4. The fraction of sp³-hybridized carbons (Fsp3) is 0.476.